The Morgan fingerprint density at radius 2 is 2.20 bits per heavy atom. The molecule has 0 N–H and O–H groups in total. The minimum absolute atomic E-state index is 0.716. The molecule has 0 spiro atoms. The van der Waals surface area contributed by atoms with E-state index in [1.54, 1.807) is 0 Å². The van der Waals surface area contributed by atoms with Crippen molar-refractivity contribution < 1.29 is 0 Å². The van der Waals surface area contributed by atoms with Gasteiger partial charge in [-0.05, 0) is 30.6 Å². The first-order valence-electron chi connectivity index (χ1n) is 4.66. The molecule has 0 radical (unpaired) electrons. The van der Waals surface area contributed by atoms with Gasteiger partial charge in [0, 0.05) is 0 Å². The zero-order valence-electron chi connectivity index (χ0n) is 7.61. The average Bonchev–Trinajstić information content (AvgIpc) is 2.12. The molecule has 0 bridgehead atoms. The van der Waals surface area contributed by atoms with Gasteiger partial charge in [0.05, 0.1) is 0 Å². The fourth-order valence-corrected chi connectivity index (χ4v) is 2.47. The van der Waals surface area contributed by atoms with Crippen molar-refractivity contribution in [3.63, 3.8) is 0 Å². The molecule has 0 saturated heterocycles. The zero-order chi connectivity index (χ0) is 7.61. The van der Waals surface area contributed by atoms with Crippen LogP contribution in [0.2, 0.25) is 0 Å². The second-order valence-corrected chi connectivity index (χ2v) is 4.41. The minimum Gasteiger partial charge on any atom is -0.0654 e. The van der Waals surface area contributed by atoms with E-state index in [1.165, 1.54) is 32.1 Å². The summed E-state index contributed by atoms with van der Waals surface area (Å²) in [5.74, 6) is 0.997. The van der Waals surface area contributed by atoms with Gasteiger partial charge >= 0.3 is 0 Å². The van der Waals surface area contributed by atoms with Crippen LogP contribution in [0.15, 0.2) is 0 Å². The fraction of sp³-hybridized carbons (Fsp3) is 1.00. The first kappa shape index (κ1) is 8.10. The average molecular weight is 140 g/mol. The Morgan fingerprint density at radius 3 is 2.60 bits per heavy atom. The van der Waals surface area contributed by atoms with Crippen LogP contribution >= 0.6 is 0 Å². The van der Waals surface area contributed by atoms with Crippen molar-refractivity contribution in [2.45, 2.75) is 52.9 Å². The molecular formula is C10H20. The van der Waals surface area contributed by atoms with Crippen LogP contribution < -0.4 is 0 Å². The Bertz CT molecular complexity index is 103. The molecule has 0 aliphatic heterocycles. The van der Waals surface area contributed by atoms with Crippen molar-refractivity contribution in [2.24, 2.45) is 11.3 Å². The molecule has 60 valence electrons. The Kier molecular flexibility index (Phi) is 2.38. The molecule has 2 unspecified atom stereocenters. The van der Waals surface area contributed by atoms with Crippen molar-refractivity contribution in [1.82, 2.24) is 0 Å². The monoisotopic (exact) mass is 140 g/mol. The molecule has 0 aromatic carbocycles. The number of hydrogen-bond acceptors (Lipinski definition) is 0. The van der Waals surface area contributed by atoms with Crippen molar-refractivity contribution in [3.05, 3.63) is 0 Å². The van der Waals surface area contributed by atoms with Gasteiger partial charge in [0.1, 0.15) is 0 Å². The highest BCUT2D eigenvalue weighted by molar-refractivity contribution is 4.83. The van der Waals surface area contributed by atoms with Crippen molar-refractivity contribution in [2.75, 3.05) is 0 Å². The van der Waals surface area contributed by atoms with Crippen molar-refractivity contribution >= 4 is 0 Å². The highest BCUT2D eigenvalue weighted by Crippen LogP contribution is 2.44. The first-order valence-corrected chi connectivity index (χ1v) is 4.66. The van der Waals surface area contributed by atoms with E-state index < -0.39 is 0 Å². The normalized spacial score (nSPS) is 40.5. The van der Waals surface area contributed by atoms with Gasteiger partial charge in [0.25, 0.3) is 0 Å². The van der Waals surface area contributed by atoms with Gasteiger partial charge in [0.15, 0.2) is 0 Å². The van der Waals surface area contributed by atoms with E-state index in [4.69, 9.17) is 0 Å². The highest BCUT2D eigenvalue weighted by Gasteiger charge is 2.31. The van der Waals surface area contributed by atoms with Crippen LogP contribution in [-0.2, 0) is 0 Å². The maximum atomic E-state index is 2.46. The van der Waals surface area contributed by atoms with E-state index in [9.17, 15) is 0 Å². The summed E-state index contributed by atoms with van der Waals surface area (Å²) in [5, 5.41) is 0. The van der Waals surface area contributed by atoms with Crippen LogP contribution in [0.1, 0.15) is 52.9 Å². The molecule has 1 rings (SSSR count). The molecule has 0 aromatic heterocycles. The third-order valence-electron chi connectivity index (χ3n) is 2.94. The highest BCUT2D eigenvalue weighted by atomic mass is 14.4. The van der Waals surface area contributed by atoms with Crippen molar-refractivity contribution in [3.8, 4) is 0 Å². The molecule has 0 amide bonds. The van der Waals surface area contributed by atoms with Crippen LogP contribution in [0.4, 0.5) is 0 Å². The fourth-order valence-electron chi connectivity index (χ4n) is 2.47. The van der Waals surface area contributed by atoms with Gasteiger partial charge < -0.3 is 0 Å². The zero-order valence-corrected chi connectivity index (χ0v) is 7.61. The Labute approximate surface area is 65.0 Å². The molecule has 0 heteroatoms. The topological polar surface area (TPSA) is 0 Å². The lowest BCUT2D eigenvalue weighted by atomic mass is 9.83. The summed E-state index contributed by atoms with van der Waals surface area (Å²) in [4.78, 5) is 0. The first-order chi connectivity index (χ1) is 4.66. The van der Waals surface area contributed by atoms with E-state index in [0.717, 1.165) is 5.92 Å². The lowest BCUT2D eigenvalue weighted by Crippen LogP contribution is -2.10. The molecule has 0 heterocycles. The van der Waals surface area contributed by atoms with Crippen LogP contribution in [0.3, 0.4) is 0 Å². The molecule has 1 fully saturated rings. The second-order valence-electron chi connectivity index (χ2n) is 4.41. The van der Waals surface area contributed by atoms with Gasteiger partial charge in [-0.1, -0.05) is 33.6 Å². The molecule has 2 atom stereocenters. The molecule has 10 heavy (non-hydrogen) atoms. The predicted molar refractivity (Wildman–Crippen MR) is 46.0 cm³/mol. The summed E-state index contributed by atoms with van der Waals surface area (Å²) in [6, 6.07) is 0. The Hall–Kier alpha value is 0. The summed E-state index contributed by atoms with van der Waals surface area (Å²) < 4.78 is 0. The second kappa shape index (κ2) is 2.94. The number of hydrogen-bond donors (Lipinski definition) is 0. The van der Waals surface area contributed by atoms with E-state index in [0.29, 0.717) is 5.41 Å². The minimum atomic E-state index is 0.716. The van der Waals surface area contributed by atoms with E-state index >= 15 is 0 Å². The lowest BCUT2D eigenvalue weighted by molar-refractivity contribution is 0.294. The Balaban J connectivity index is 2.38. The van der Waals surface area contributed by atoms with Gasteiger partial charge in [-0.25, -0.2) is 0 Å². The molecular weight excluding hydrogens is 120 g/mol. The molecule has 1 saturated carbocycles. The predicted octanol–water partition coefficient (Wildman–Crippen LogP) is 3.61. The largest absolute Gasteiger partial charge is 0.0654 e. The summed E-state index contributed by atoms with van der Waals surface area (Å²) in [6.07, 6.45) is 7.22. The molecule has 1 aliphatic rings. The lowest BCUT2D eigenvalue weighted by Gasteiger charge is -2.22. The smallest absolute Gasteiger partial charge is 0.0323 e. The quantitative estimate of drug-likeness (QED) is 0.549. The number of rotatable bonds is 2. The van der Waals surface area contributed by atoms with Crippen LogP contribution in [0.25, 0.3) is 0 Å². The van der Waals surface area contributed by atoms with Gasteiger partial charge in [-0.2, -0.15) is 0 Å². The maximum absolute atomic E-state index is 2.46. The standard InChI is InChI=1S/C10H20/c1-4-6-10(3)7-5-9(2)8-10/h9H,4-8H2,1-3H3. The summed E-state index contributed by atoms with van der Waals surface area (Å²) in [6.45, 7) is 7.15. The van der Waals surface area contributed by atoms with E-state index in [1.807, 2.05) is 0 Å². The Morgan fingerprint density at radius 1 is 1.50 bits per heavy atom. The molecule has 0 nitrogen and oxygen atoms in total. The van der Waals surface area contributed by atoms with E-state index in [2.05, 4.69) is 20.8 Å². The van der Waals surface area contributed by atoms with Crippen LogP contribution in [0.5, 0.6) is 0 Å². The van der Waals surface area contributed by atoms with Gasteiger partial charge in [0.2, 0.25) is 0 Å². The molecule has 0 aromatic rings. The third kappa shape index (κ3) is 1.74. The van der Waals surface area contributed by atoms with E-state index in [-0.39, 0.29) is 0 Å². The summed E-state index contributed by atoms with van der Waals surface area (Å²) in [5.41, 5.74) is 0.716. The van der Waals surface area contributed by atoms with Crippen LogP contribution in [0, 0.1) is 11.3 Å². The van der Waals surface area contributed by atoms with Crippen molar-refractivity contribution in [1.29, 1.82) is 0 Å². The summed E-state index contributed by atoms with van der Waals surface area (Å²) >= 11 is 0. The summed E-state index contributed by atoms with van der Waals surface area (Å²) in [7, 11) is 0. The SMILES string of the molecule is CCCC1(C)CCC(C)C1. The van der Waals surface area contributed by atoms with Crippen LogP contribution in [-0.4, -0.2) is 0 Å². The maximum Gasteiger partial charge on any atom is -0.0323 e. The van der Waals surface area contributed by atoms with Gasteiger partial charge in [-0.15, -0.1) is 0 Å². The molecule has 1 aliphatic carbocycles. The third-order valence-corrected chi connectivity index (χ3v) is 2.94. The van der Waals surface area contributed by atoms with Gasteiger partial charge in [-0.3, -0.25) is 0 Å².